The molecule has 8 nitrogen and oxygen atoms in total. The lowest BCUT2D eigenvalue weighted by Gasteiger charge is -2.35. The Morgan fingerprint density at radius 3 is 2.44 bits per heavy atom. The summed E-state index contributed by atoms with van der Waals surface area (Å²) >= 11 is 3.46. The fraction of sp³-hybridized carbons (Fsp3) is 0.556. The van der Waals surface area contributed by atoms with Crippen molar-refractivity contribution in [2.45, 2.75) is 33.3 Å². The van der Waals surface area contributed by atoms with E-state index in [9.17, 15) is 4.79 Å². The molecule has 1 fully saturated rings. The number of aromatic nitrogens is 4. The van der Waals surface area contributed by atoms with E-state index in [-0.39, 0.29) is 6.09 Å². The molecule has 9 heteroatoms. The highest BCUT2D eigenvalue weighted by Gasteiger charge is 2.27. The lowest BCUT2D eigenvalue weighted by atomic mass is 10.2. The van der Waals surface area contributed by atoms with Crippen LogP contribution < -0.4 is 4.90 Å². The number of amides is 1. The van der Waals surface area contributed by atoms with Gasteiger partial charge in [-0.3, -0.25) is 4.68 Å². The Hall–Kier alpha value is -2.16. The van der Waals surface area contributed by atoms with Gasteiger partial charge in [-0.25, -0.2) is 14.8 Å². The van der Waals surface area contributed by atoms with Gasteiger partial charge in [0.15, 0.2) is 0 Å². The quantitative estimate of drug-likeness (QED) is 0.719. The number of anilines is 1. The second kappa shape index (κ2) is 7.46. The van der Waals surface area contributed by atoms with Gasteiger partial charge in [-0.15, -0.1) is 0 Å². The SMILES string of the molecule is Cc1c(Br)nn(C)c1-c1ccnc(N2CCN(C(=O)OC(C)(C)C)CC2)n1. The molecule has 1 aliphatic rings. The summed E-state index contributed by atoms with van der Waals surface area (Å²) in [6.45, 7) is 10.1. The van der Waals surface area contributed by atoms with Crippen molar-refractivity contribution < 1.29 is 9.53 Å². The minimum atomic E-state index is -0.485. The van der Waals surface area contributed by atoms with Crippen molar-refractivity contribution in [1.29, 1.82) is 0 Å². The molecule has 0 saturated carbocycles. The Balaban J connectivity index is 1.71. The topological polar surface area (TPSA) is 76.4 Å². The van der Waals surface area contributed by atoms with Crippen LogP contribution in [0.15, 0.2) is 16.9 Å². The van der Waals surface area contributed by atoms with Crippen LogP contribution in [-0.2, 0) is 11.8 Å². The number of carbonyl (C=O) groups excluding carboxylic acids is 1. The van der Waals surface area contributed by atoms with Gasteiger partial charge < -0.3 is 14.5 Å². The number of hydrogen-bond acceptors (Lipinski definition) is 6. The molecule has 2 aromatic heterocycles. The molecule has 1 amide bonds. The number of aryl methyl sites for hydroxylation is 1. The minimum Gasteiger partial charge on any atom is -0.444 e. The molecular weight excluding hydrogens is 412 g/mol. The van der Waals surface area contributed by atoms with E-state index in [1.54, 1.807) is 11.1 Å². The van der Waals surface area contributed by atoms with Gasteiger partial charge in [0.05, 0.1) is 11.4 Å². The number of rotatable bonds is 2. The molecule has 0 atom stereocenters. The van der Waals surface area contributed by atoms with Crippen LogP contribution in [0.5, 0.6) is 0 Å². The molecule has 1 saturated heterocycles. The van der Waals surface area contributed by atoms with Gasteiger partial charge in [0.1, 0.15) is 10.2 Å². The van der Waals surface area contributed by atoms with E-state index < -0.39 is 5.60 Å². The molecular formula is C18H25BrN6O2. The maximum atomic E-state index is 12.2. The smallest absolute Gasteiger partial charge is 0.410 e. The fourth-order valence-corrected chi connectivity index (χ4v) is 3.43. The maximum Gasteiger partial charge on any atom is 0.410 e. The van der Waals surface area contributed by atoms with Crippen LogP contribution in [0.25, 0.3) is 11.4 Å². The molecule has 3 rings (SSSR count). The van der Waals surface area contributed by atoms with E-state index in [2.05, 4.69) is 30.9 Å². The van der Waals surface area contributed by atoms with Gasteiger partial charge in [-0.05, 0) is 49.7 Å². The number of piperazine rings is 1. The number of carbonyl (C=O) groups is 1. The zero-order chi connectivity index (χ0) is 19.8. The summed E-state index contributed by atoms with van der Waals surface area (Å²) in [4.78, 5) is 25.2. The third-order valence-corrected chi connectivity index (χ3v) is 5.08. The van der Waals surface area contributed by atoms with Crippen LogP contribution in [0.2, 0.25) is 0 Å². The lowest BCUT2D eigenvalue weighted by molar-refractivity contribution is 0.0240. The molecule has 1 aliphatic heterocycles. The highest BCUT2D eigenvalue weighted by atomic mass is 79.9. The van der Waals surface area contributed by atoms with Crippen LogP contribution in [0.3, 0.4) is 0 Å². The molecule has 0 spiro atoms. The van der Waals surface area contributed by atoms with Gasteiger partial charge in [0.2, 0.25) is 5.95 Å². The second-order valence-corrected chi connectivity index (χ2v) is 8.34. The number of hydrogen-bond donors (Lipinski definition) is 0. The summed E-state index contributed by atoms with van der Waals surface area (Å²) in [5, 5.41) is 4.39. The average molecular weight is 437 g/mol. The van der Waals surface area contributed by atoms with Crippen LogP contribution in [0.1, 0.15) is 26.3 Å². The Labute approximate surface area is 167 Å². The Bertz CT molecular complexity index is 837. The molecule has 0 bridgehead atoms. The van der Waals surface area contributed by atoms with Crippen LogP contribution in [-0.4, -0.2) is 62.5 Å². The largest absolute Gasteiger partial charge is 0.444 e. The predicted molar refractivity (Wildman–Crippen MR) is 107 cm³/mol. The van der Waals surface area contributed by atoms with Crippen molar-refractivity contribution in [2.75, 3.05) is 31.1 Å². The lowest BCUT2D eigenvalue weighted by Crippen LogP contribution is -2.50. The van der Waals surface area contributed by atoms with Crippen molar-refractivity contribution in [3.05, 3.63) is 22.4 Å². The summed E-state index contributed by atoms with van der Waals surface area (Å²) in [5.41, 5.74) is 2.34. The van der Waals surface area contributed by atoms with E-state index >= 15 is 0 Å². The zero-order valence-corrected chi connectivity index (χ0v) is 17.9. The number of nitrogens with zero attached hydrogens (tertiary/aromatic N) is 6. The summed E-state index contributed by atoms with van der Waals surface area (Å²) in [5.74, 6) is 0.660. The van der Waals surface area contributed by atoms with E-state index in [1.807, 2.05) is 45.5 Å². The molecule has 2 aromatic rings. The number of halogens is 1. The molecule has 146 valence electrons. The van der Waals surface area contributed by atoms with E-state index in [0.29, 0.717) is 32.1 Å². The molecule has 0 radical (unpaired) electrons. The van der Waals surface area contributed by atoms with Crippen molar-refractivity contribution in [2.24, 2.45) is 7.05 Å². The maximum absolute atomic E-state index is 12.2. The Morgan fingerprint density at radius 2 is 1.89 bits per heavy atom. The van der Waals surface area contributed by atoms with Crippen molar-refractivity contribution in [1.82, 2.24) is 24.6 Å². The van der Waals surface area contributed by atoms with Crippen molar-refractivity contribution in [3.8, 4) is 11.4 Å². The van der Waals surface area contributed by atoms with E-state index in [4.69, 9.17) is 9.72 Å². The number of ether oxygens (including phenoxy) is 1. The standard InChI is InChI=1S/C18H25BrN6O2/c1-12-14(23(5)22-15(12)19)13-6-7-20-16(21-13)24-8-10-25(11-9-24)17(26)27-18(2,3)4/h6-7H,8-11H2,1-5H3. The van der Waals surface area contributed by atoms with Crippen LogP contribution in [0, 0.1) is 6.92 Å². The monoisotopic (exact) mass is 436 g/mol. The molecule has 0 unspecified atom stereocenters. The first kappa shape index (κ1) is 19.6. The van der Waals surface area contributed by atoms with Gasteiger partial charge in [0, 0.05) is 45.0 Å². The van der Waals surface area contributed by atoms with Crippen LogP contribution in [0.4, 0.5) is 10.7 Å². The normalized spacial score (nSPS) is 15.2. The predicted octanol–water partition coefficient (Wildman–Crippen LogP) is 3.01. The van der Waals surface area contributed by atoms with E-state index in [0.717, 1.165) is 21.6 Å². The Kier molecular flexibility index (Phi) is 5.41. The van der Waals surface area contributed by atoms with Crippen molar-refractivity contribution in [3.63, 3.8) is 0 Å². The highest BCUT2D eigenvalue weighted by Crippen LogP contribution is 2.27. The minimum absolute atomic E-state index is 0.271. The first-order valence-corrected chi connectivity index (χ1v) is 9.70. The van der Waals surface area contributed by atoms with E-state index in [1.165, 1.54) is 0 Å². The summed E-state index contributed by atoms with van der Waals surface area (Å²) in [6, 6.07) is 1.89. The third kappa shape index (κ3) is 4.40. The molecule has 3 heterocycles. The van der Waals surface area contributed by atoms with Gasteiger partial charge in [-0.2, -0.15) is 5.10 Å². The Morgan fingerprint density at radius 1 is 1.22 bits per heavy atom. The van der Waals surface area contributed by atoms with Gasteiger partial charge in [0.25, 0.3) is 0 Å². The molecule has 27 heavy (non-hydrogen) atoms. The first-order chi connectivity index (χ1) is 12.7. The third-order valence-electron chi connectivity index (χ3n) is 4.33. The summed E-state index contributed by atoms with van der Waals surface area (Å²) in [7, 11) is 1.90. The molecule has 0 N–H and O–H groups in total. The van der Waals surface area contributed by atoms with Gasteiger partial charge in [-0.1, -0.05) is 0 Å². The van der Waals surface area contributed by atoms with Crippen molar-refractivity contribution >= 4 is 28.0 Å². The first-order valence-electron chi connectivity index (χ1n) is 8.91. The summed E-state index contributed by atoms with van der Waals surface area (Å²) in [6.07, 6.45) is 1.49. The molecule has 0 aromatic carbocycles. The van der Waals surface area contributed by atoms with Gasteiger partial charge >= 0.3 is 6.09 Å². The summed E-state index contributed by atoms with van der Waals surface area (Å²) < 4.78 is 8.07. The zero-order valence-electron chi connectivity index (χ0n) is 16.4. The fourth-order valence-electron chi connectivity index (χ4n) is 3.00. The second-order valence-electron chi connectivity index (χ2n) is 7.58. The van der Waals surface area contributed by atoms with Crippen LogP contribution >= 0.6 is 15.9 Å². The highest BCUT2D eigenvalue weighted by molar-refractivity contribution is 9.10. The molecule has 0 aliphatic carbocycles. The average Bonchev–Trinajstić information content (AvgIpc) is 2.86.